The Morgan fingerprint density at radius 3 is 2.20 bits per heavy atom. The first-order valence-electron chi connectivity index (χ1n) is 6.72. The lowest BCUT2D eigenvalue weighted by molar-refractivity contribution is -0.141. The van der Waals surface area contributed by atoms with E-state index in [0.717, 1.165) is 23.5 Å². The van der Waals surface area contributed by atoms with Crippen molar-refractivity contribution >= 4 is 5.97 Å². The third kappa shape index (κ3) is 3.63. The zero-order valence-corrected chi connectivity index (χ0v) is 12.3. The van der Waals surface area contributed by atoms with Crippen LogP contribution in [-0.4, -0.2) is 31.8 Å². The van der Waals surface area contributed by atoms with Crippen LogP contribution in [0.2, 0.25) is 0 Å². The first kappa shape index (κ1) is 16.3. The van der Waals surface area contributed by atoms with Crippen molar-refractivity contribution in [3.05, 3.63) is 23.8 Å². The first-order valence-corrected chi connectivity index (χ1v) is 6.72. The van der Waals surface area contributed by atoms with E-state index in [1.807, 2.05) is 25.1 Å². The van der Waals surface area contributed by atoms with Crippen LogP contribution in [0.4, 0.5) is 0 Å². The fraction of sp³-hybridized carbons (Fsp3) is 0.533. The van der Waals surface area contributed by atoms with E-state index in [0.29, 0.717) is 6.42 Å². The third-order valence-corrected chi connectivity index (χ3v) is 3.57. The molecule has 112 valence electrons. The number of rotatable bonds is 8. The molecule has 0 heterocycles. The normalized spacial score (nSPS) is 13.6. The van der Waals surface area contributed by atoms with E-state index in [-0.39, 0.29) is 12.5 Å². The Morgan fingerprint density at radius 1 is 1.30 bits per heavy atom. The van der Waals surface area contributed by atoms with Gasteiger partial charge in [-0.25, -0.2) is 0 Å². The van der Waals surface area contributed by atoms with Gasteiger partial charge in [-0.15, -0.1) is 0 Å². The lowest BCUT2D eigenvalue weighted by Gasteiger charge is -2.23. The smallest absolute Gasteiger partial charge is 0.307 e. The van der Waals surface area contributed by atoms with E-state index in [2.05, 4.69) is 0 Å². The number of hydrogen-bond acceptors (Lipinski definition) is 4. The number of hydrogen-bond donors (Lipinski definition) is 2. The molecule has 1 rings (SSSR count). The summed E-state index contributed by atoms with van der Waals surface area (Å²) in [6.45, 7) is 2.15. The van der Waals surface area contributed by atoms with Gasteiger partial charge in [-0.2, -0.15) is 0 Å². The summed E-state index contributed by atoms with van der Waals surface area (Å²) in [5.74, 6) is 0.0508. The van der Waals surface area contributed by atoms with E-state index >= 15 is 0 Å². The van der Waals surface area contributed by atoms with Crippen molar-refractivity contribution in [3.8, 4) is 11.5 Å². The summed E-state index contributed by atoms with van der Waals surface area (Å²) in [6, 6.07) is 5.57. The summed E-state index contributed by atoms with van der Waals surface area (Å²) in [4.78, 5) is 11.2. The van der Waals surface area contributed by atoms with Crippen molar-refractivity contribution in [2.24, 2.45) is 11.7 Å². The van der Waals surface area contributed by atoms with Crippen LogP contribution in [0.25, 0.3) is 0 Å². The number of carboxylic acid groups (broad SMARTS) is 1. The zero-order chi connectivity index (χ0) is 15.1. The van der Waals surface area contributed by atoms with Crippen LogP contribution in [-0.2, 0) is 4.79 Å². The average Bonchev–Trinajstić information content (AvgIpc) is 2.47. The third-order valence-electron chi connectivity index (χ3n) is 3.57. The SMILES string of the molecule is CCC(CC(CN)C(=O)O)c1c(OC)cccc1OC. The highest BCUT2D eigenvalue weighted by molar-refractivity contribution is 5.70. The van der Waals surface area contributed by atoms with E-state index in [4.69, 9.17) is 15.2 Å². The van der Waals surface area contributed by atoms with Gasteiger partial charge >= 0.3 is 5.97 Å². The molecule has 0 fully saturated rings. The van der Waals surface area contributed by atoms with Crippen molar-refractivity contribution in [3.63, 3.8) is 0 Å². The highest BCUT2D eigenvalue weighted by atomic mass is 16.5. The molecule has 0 bridgehead atoms. The minimum Gasteiger partial charge on any atom is -0.496 e. The van der Waals surface area contributed by atoms with Gasteiger partial charge in [-0.05, 0) is 30.9 Å². The number of carboxylic acids is 1. The van der Waals surface area contributed by atoms with Gasteiger partial charge in [0.1, 0.15) is 11.5 Å². The monoisotopic (exact) mass is 281 g/mol. The number of nitrogens with two attached hydrogens (primary N) is 1. The summed E-state index contributed by atoms with van der Waals surface area (Å²) in [6.07, 6.45) is 1.26. The second-order valence-corrected chi connectivity index (χ2v) is 4.69. The van der Waals surface area contributed by atoms with Crippen LogP contribution in [0.15, 0.2) is 18.2 Å². The summed E-state index contributed by atoms with van der Waals surface area (Å²) >= 11 is 0. The highest BCUT2D eigenvalue weighted by Gasteiger charge is 2.25. The molecule has 0 aliphatic heterocycles. The van der Waals surface area contributed by atoms with Crippen LogP contribution >= 0.6 is 0 Å². The Bertz CT molecular complexity index is 425. The van der Waals surface area contributed by atoms with Crippen LogP contribution in [0.3, 0.4) is 0 Å². The van der Waals surface area contributed by atoms with Gasteiger partial charge in [0.15, 0.2) is 0 Å². The average molecular weight is 281 g/mol. The molecule has 0 aromatic heterocycles. The summed E-state index contributed by atoms with van der Waals surface area (Å²) in [5, 5.41) is 9.18. The molecule has 5 nitrogen and oxygen atoms in total. The number of aliphatic carboxylic acids is 1. The van der Waals surface area contributed by atoms with Crippen LogP contribution < -0.4 is 15.2 Å². The standard InChI is InChI=1S/C15H23NO4/c1-4-10(8-11(9-16)15(17)18)14-12(19-2)6-5-7-13(14)20-3/h5-7,10-11H,4,8-9,16H2,1-3H3,(H,17,18). The predicted molar refractivity (Wildman–Crippen MR) is 77.4 cm³/mol. The summed E-state index contributed by atoms with van der Waals surface area (Å²) in [5.41, 5.74) is 6.47. The molecule has 5 heteroatoms. The molecule has 20 heavy (non-hydrogen) atoms. The Morgan fingerprint density at radius 2 is 1.85 bits per heavy atom. The summed E-state index contributed by atoms with van der Waals surface area (Å²) in [7, 11) is 3.20. The molecule has 0 saturated heterocycles. The molecule has 2 unspecified atom stereocenters. The summed E-state index contributed by atoms with van der Waals surface area (Å²) < 4.78 is 10.8. The molecule has 2 atom stereocenters. The molecule has 1 aromatic carbocycles. The molecule has 0 spiro atoms. The Balaban J connectivity index is 3.14. The lowest BCUT2D eigenvalue weighted by Crippen LogP contribution is -2.25. The highest BCUT2D eigenvalue weighted by Crippen LogP contribution is 2.39. The molecule has 1 aromatic rings. The van der Waals surface area contributed by atoms with Crippen molar-refractivity contribution in [1.29, 1.82) is 0 Å². The maximum atomic E-state index is 11.2. The van der Waals surface area contributed by atoms with Crippen molar-refractivity contribution in [1.82, 2.24) is 0 Å². The van der Waals surface area contributed by atoms with E-state index in [9.17, 15) is 9.90 Å². The maximum absolute atomic E-state index is 11.2. The zero-order valence-electron chi connectivity index (χ0n) is 12.3. The van der Waals surface area contributed by atoms with Gasteiger partial charge in [-0.3, -0.25) is 4.79 Å². The second-order valence-electron chi connectivity index (χ2n) is 4.69. The van der Waals surface area contributed by atoms with Crippen LogP contribution in [0.1, 0.15) is 31.2 Å². The minimum absolute atomic E-state index is 0.0331. The van der Waals surface area contributed by atoms with E-state index in [1.54, 1.807) is 14.2 Å². The Kier molecular flexibility index (Phi) is 6.31. The number of benzene rings is 1. The molecule has 0 saturated carbocycles. The van der Waals surface area contributed by atoms with Gasteiger partial charge in [0.05, 0.1) is 20.1 Å². The van der Waals surface area contributed by atoms with Crippen LogP contribution in [0.5, 0.6) is 11.5 Å². The quantitative estimate of drug-likeness (QED) is 0.763. The lowest BCUT2D eigenvalue weighted by atomic mass is 9.86. The van der Waals surface area contributed by atoms with Gasteiger partial charge in [0.25, 0.3) is 0 Å². The van der Waals surface area contributed by atoms with Gasteiger partial charge in [-0.1, -0.05) is 13.0 Å². The molecular weight excluding hydrogens is 258 g/mol. The maximum Gasteiger partial charge on any atom is 0.307 e. The molecule has 0 radical (unpaired) electrons. The molecule has 0 aliphatic carbocycles. The van der Waals surface area contributed by atoms with Crippen molar-refractivity contribution in [2.75, 3.05) is 20.8 Å². The second kappa shape index (κ2) is 7.75. The van der Waals surface area contributed by atoms with Crippen LogP contribution in [0, 0.1) is 5.92 Å². The topological polar surface area (TPSA) is 81.8 Å². The van der Waals surface area contributed by atoms with E-state index < -0.39 is 11.9 Å². The number of ether oxygens (including phenoxy) is 2. The van der Waals surface area contributed by atoms with Gasteiger partial charge < -0.3 is 20.3 Å². The van der Waals surface area contributed by atoms with Crippen molar-refractivity contribution < 1.29 is 19.4 Å². The number of methoxy groups -OCH3 is 2. The fourth-order valence-corrected chi connectivity index (χ4v) is 2.41. The Hall–Kier alpha value is -1.75. The Labute approximate surface area is 119 Å². The van der Waals surface area contributed by atoms with E-state index in [1.165, 1.54) is 0 Å². The molecular formula is C15H23NO4. The van der Waals surface area contributed by atoms with Gasteiger partial charge in [0.2, 0.25) is 0 Å². The first-order chi connectivity index (χ1) is 9.58. The molecule has 3 N–H and O–H groups in total. The molecule has 0 amide bonds. The van der Waals surface area contributed by atoms with Gasteiger partial charge in [0, 0.05) is 12.1 Å². The van der Waals surface area contributed by atoms with Crippen molar-refractivity contribution in [2.45, 2.75) is 25.7 Å². The fourth-order valence-electron chi connectivity index (χ4n) is 2.41. The predicted octanol–water partition coefficient (Wildman–Crippen LogP) is 2.25. The molecule has 0 aliphatic rings. The largest absolute Gasteiger partial charge is 0.496 e. The number of carbonyl (C=O) groups is 1. The minimum atomic E-state index is -0.861.